The first-order chi connectivity index (χ1) is 13.2. The number of hydrogen-bond acceptors (Lipinski definition) is 5. The number of halogens is 2. The summed E-state index contributed by atoms with van der Waals surface area (Å²) in [4.78, 5) is 4.61. The lowest BCUT2D eigenvalue weighted by molar-refractivity contribution is 0.256. The quantitative estimate of drug-likeness (QED) is 0.615. The van der Waals surface area contributed by atoms with E-state index in [9.17, 15) is 4.39 Å². The van der Waals surface area contributed by atoms with Gasteiger partial charge in [0.05, 0.1) is 6.54 Å². The van der Waals surface area contributed by atoms with Crippen LogP contribution in [0.4, 0.5) is 10.1 Å². The highest BCUT2D eigenvalue weighted by atomic mass is 79.9. The molecule has 7 heteroatoms. The number of rotatable bonds is 4. The zero-order valence-electron chi connectivity index (χ0n) is 14.8. The fourth-order valence-corrected chi connectivity index (χ4v) is 3.69. The van der Waals surface area contributed by atoms with Gasteiger partial charge in [0.15, 0.2) is 0 Å². The summed E-state index contributed by atoms with van der Waals surface area (Å²) in [6.07, 6.45) is 1.03. The van der Waals surface area contributed by atoms with Gasteiger partial charge in [0.2, 0.25) is 11.8 Å². The van der Waals surface area contributed by atoms with Crippen molar-refractivity contribution in [3.8, 4) is 11.5 Å². The number of benzene rings is 2. The van der Waals surface area contributed by atoms with E-state index in [1.165, 1.54) is 12.1 Å². The third-order valence-electron chi connectivity index (χ3n) is 4.68. The van der Waals surface area contributed by atoms with Crippen LogP contribution in [0.1, 0.15) is 12.3 Å². The van der Waals surface area contributed by atoms with E-state index in [4.69, 9.17) is 4.42 Å². The Labute approximate surface area is 165 Å². The first-order valence-electron chi connectivity index (χ1n) is 8.98. The summed E-state index contributed by atoms with van der Waals surface area (Å²) < 4.78 is 20.0. The van der Waals surface area contributed by atoms with E-state index in [1.807, 2.05) is 36.4 Å². The van der Waals surface area contributed by atoms with Crippen LogP contribution in [0.5, 0.6) is 0 Å². The van der Waals surface area contributed by atoms with E-state index in [2.05, 4.69) is 35.9 Å². The van der Waals surface area contributed by atoms with Crippen molar-refractivity contribution in [3.63, 3.8) is 0 Å². The molecule has 1 fully saturated rings. The summed E-state index contributed by atoms with van der Waals surface area (Å²) >= 11 is 3.46. The van der Waals surface area contributed by atoms with E-state index in [1.54, 1.807) is 0 Å². The Hall–Kier alpha value is -2.25. The van der Waals surface area contributed by atoms with Gasteiger partial charge < -0.3 is 9.32 Å². The highest BCUT2D eigenvalue weighted by Gasteiger charge is 2.18. The first kappa shape index (κ1) is 18.1. The molecule has 0 atom stereocenters. The van der Waals surface area contributed by atoms with Crippen molar-refractivity contribution in [2.45, 2.75) is 13.0 Å². The van der Waals surface area contributed by atoms with Crippen LogP contribution in [0.15, 0.2) is 57.4 Å². The topological polar surface area (TPSA) is 45.4 Å². The molecule has 0 radical (unpaired) electrons. The molecule has 1 aliphatic rings. The van der Waals surface area contributed by atoms with Gasteiger partial charge in [0.25, 0.3) is 0 Å². The van der Waals surface area contributed by atoms with Crippen molar-refractivity contribution in [3.05, 3.63) is 64.7 Å². The van der Waals surface area contributed by atoms with Gasteiger partial charge in [0, 0.05) is 41.9 Å². The van der Waals surface area contributed by atoms with Gasteiger partial charge in [-0.3, -0.25) is 4.90 Å². The average molecular weight is 431 g/mol. The van der Waals surface area contributed by atoms with Gasteiger partial charge in [-0.05, 0) is 48.9 Å². The molecule has 0 N–H and O–H groups in total. The van der Waals surface area contributed by atoms with Crippen molar-refractivity contribution in [2.75, 3.05) is 31.1 Å². The largest absolute Gasteiger partial charge is 0.419 e. The Morgan fingerprint density at radius 1 is 1.00 bits per heavy atom. The Morgan fingerprint density at radius 3 is 2.67 bits per heavy atom. The molecule has 0 amide bonds. The normalized spacial score (nSPS) is 15.7. The van der Waals surface area contributed by atoms with Gasteiger partial charge in [-0.2, -0.15) is 0 Å². The molecule has 0 spiro atoms. The van der Waals surface area contributed by atoms with E-state index >= 15 is 0 Å². The van der Waals surface area contributed by atoms with Crippen LogP contribution in [0, 0.1) is 5.82 Å². The third-order valence-corrected chi connectivity index (χ3v) is 5.17. The molecule has 0 saturated carbocycles. The Bertz CT molecular complexity index is 899. The van der Waals surface area contributed by atoms with Crippen molar-refractivity contribution < 1.29 is 8.81 Å². The molecule has 1 aliphatic heterocycles. The second-order valence-electron chi connectivity index (χ2n) is 6.60. The van der Waals surface area contributed by atoms with E-state index in [-0.39, 0.29) is 5.82 Å². The van der Waals surface area contributed by atoms with Crippen LogP contribution in [0.25, 0.3) is 11.5 Å². The van der Waals surface area contributed by atoms with Crippen molar-refractivity contribution in [2.24, 2.45) is 0 Å². The van der Waals surface area contributed by atoms with Crippen LogP contribution in [0.3, 0.4) is 0 Å². The van der Waals surface area contributed by atoms with Crippen molar-refractivity contribution in [1.82, 2.24) is 15.1 Å². The Morgan fingerprint density at radius 2 is 1.85 bits per heavy atom. The minimum absolute atomic E-state index is 0.201. The predicted octanol–water partition coefficient (Wildman–Crippen LogP) is 4.35. The molecule has 2 heterocycles. The van der Waals surface area contributed by atoms with E-state index in [0.717, 1.165) is 48.3 Å². The van der Waals surface area contributed by atoms with Crippen LogP contribution in [-0.2, 0) is 6.54 Å². The van der Waals surface area contributed by atoms with Gasteiger partial charge >= 0.3 is 0 Å². The second-order valence-corrected chi connectivity index (χ2v) is 7.52. The number of aromatic nitrogens is 2. The fourth-order valence-electron chi connectivity index (χ4n) is 3.29. The van der Waals surface area contributed by atoms with Crippen LogP contribution < -0.4 is 4.90 Å². The number of anilines is 1. The summed E-state index contributed by atoms with van der Waals surface area (Å²) in [5.41, 5.74) is 1.97. The molecule has 0 bridgehead atoms. The maximum atomic E-state index is 13.1. The highest BCUT2D eigenvalue weighted by Crippen LogP contribution is 2.23. The molecular formula is C20H20BrFN4O. The minimum Gasteiger partial charge on any atom is -0.419 e. The number of hydrogen-bond donors (Lipinski definition) is 0. The molecule has 27 heavy (non-hydrogen) atoms. The molecule has 4 rings (SSSR count). The Balaban J connectivity index is 1.38. The first-order valence-corrected chi connectivity index (χ1v) is 9.78. The molecule has 3 aromatic rings. The van der Waals surface area contributed by atoms with Crippen LogP contribution >= 0.6 is 15.9 Å². The van der Waals surface area contributed by atoms with Crippen LogP contribution in [0.2, 0.25) is 0 Å². The molecule has 0 aliphatic carbocycles. The summed E-state index contributed by atoms with van der Waals surface area (Å²) in [5, 5.41) is 8.38. The number of nitrogens with zero attached hydrogens (tertiary/aromatic N) is 4. The maximum absolute atomic E-state index is 13.1. The lowest BCUT2D eigenvalue weighted by Crippen LogP contribution is -2.30. The van der Waals surface area contributed by atoms with Gasteiger partial charge in [-0.25, -0.2) is 4.39 Å². The van der Waals surface area contributed by atoms with E-state index < -0.39 is 0 Å². The molecule has 5 nitrogen and oxygen atoms in total. The predicted molar refractivity (Wildman–Crippen MR) is 106 cm³/mol. The molecule has 1 aromatic heterocycles. The van der Waals surface area contributed by atoms with Gasteiger partial charge in [0.1, 0.15) is 5.82 Å². The summed E-state index contributed by atoms with van der Waals surface area (Å²) in [6, 6.07) is 14.5. The molecule has 2 aromatic carbocycles. The molecule has 140 valence electrons. The molecule has 1 saturated heterocycles. The second kappa shape index (κ2) is 8.19. The maximum Gasteiger partial charge on any atom is 0.247 e. The van der Waals surface area contributed by atoms with Crippen molar-refractivity contribution in [1.29, 1.82) is 0 Å². The third kappa shape index (κ3) is 4.54. The average Bonchev–Trinajstić information content (AvgIpc) is 3.01. The van der Waals surface area contributed by atoms with E-state index in [0.29, 0.717) is 18.3 Å². The summed E-state index contributed by atoms with van der Waals surface area (Å²) in [7, 11) is 0. The zero-order valence-corrected chi connectivity index (χ0v) is 16.4. The monoisotopic (exact) mass is 430 g/mol. The Kier molecular flexibility index (Phi) is 5.50. The summed E-state index contributed by atoms with van der Waals surface area (Å²) in [6.45, 7) is 4.34. The van der Waals surface area contributed by atoms with Crippen molar-refractivity contribution >= 4 is 21.6 Å². The minimum atomic E-state index is -0.201. The smallest absolute Gasteiger partial charge is 0.247 e. The zero-order chi connectivity index (χ0) is 18.6. The molecule has 0 unspecified atom stereocenters. The lowest BCUT2D eigenvalue weighted by Gasteiger charge is -2.23. The lowest BCUT2D eigenvalue weighted by atomic mass is 10.2. The van der Waals surface area contributed by atoms with Gasteiger partial charge in [-0.1, -0.05) is 22.0 Å². The summed E-state index contributed by atoms with van der Waals surface area (Å²) in [5.74, 6) is 0.960. The molecular weight excluding hydrogens is 411 g/mol. The van der Waals surface area contributed by atoms with Gasteiger partial charge in [-0.15, -0.1) is 10.2 Å². The van der Waals surface area contributed by atoms with Crippen LogP contribution in [-0.4, -0.2) is 41.3 Å². The SMILES string of the molecule is Fc1ccc(N2CCCN(Cc3nnc(-c4cccc(Br)c4)o3)CC2)cc1. The standard InChI is InChI=1S/C20H20BrFN4O/c21-16-4-1-3-15(13-16)20-24-23-19(27-20)14-25-9-2-10-26(12-11-25)18-7-5-17(22)6-8-18/h1,3-8,13H,2,9-12,14H2. The fraction of sp³-hybridized carbons (Fsp3) is 0.300. The highest BCUT2D eigenvalue weighted by molar-refractivity contribution is 9.10.